The molecule has 100 valence electrons. The van der Waals surface area contributed by atoms with Gasteiger partial charge >= 0.3 is 0 Å². The largest absolute Gasteiger partial charge is 0.496 e. The van der Waals surface area contributed by atoms with Crippen molar-refractivity contribution in [2.75, 3.05) is 7.11 Å². The molecule has 0 fully saturated rings. The maximum atomic E-state index is 13.2. The molecule has 2 aromatic rings. The van der Waals surface area contributed by atoms with Crippen molar-refractivity contribution in [3.8, 4) is 5.75 Å². The number of hydrogen-bond donors (Lipinski definition) is 2. The van der Waals surface area contributed by atoms with Crippen molar-refractivity contribution in [3.05, 3.63) is 63.0 Å². The summed E-state index contributed by atoms with van der Waals surface area (Å²) in [6.07, 6.45) is 0. The van der Waals surface area contributed by atoms with Gasteiger partial charge in [-0.15, -0.1) is 0 Å². The van der Waals surface area contributed by atoms with Crippen LogP contribution in [0.15, 0.2) is 42.5 Å². The van der Waals surface area contributed by atoms with Crippen LogP contribution in [0.1, 0.15) is 17.2 Å². The quantitative estimate of drug-likeness (QED) is 0.493. The number of benzene rings is 2. The summed E-state index contributed by atoms with van der Waals surface area (Å²) >= 11 is 2.10. The molecule has 0 saturated carbocycles. The third kappa shape index (κ3) is 3.05. The molecule has 0 aromatic heterocycles. The third-order valence-electron chi connectivity index (χ3n) is 2.89. The number of hydrogen-bond acceptors (Lipinski definition) is 3. The molecule has 0 heterocycles. The van der Waals surface area contributed by atoms with Crippen LogP contribution in [-0.2, 0) is 0 Å². The summed E-state index contributed by atoms with van der Waals surface area (Å²) in [6, 6.07) is 12.0. The van der Waals surface area contributed by atoms with E-state index in [9.17, 15) is 4.39 Å². The Kier molecular flexibility index (Phi) is 4.73. The summed E-state index contributed by atoms with van der Waals surface area (Å²) in [5, 5.41) is 0. The molecule has 0 aliphatic heterocycles. The highest BCUT2D eigenvalue weighted by Gasteiger charge is 2.19. The van der Waals surface area contributed by atoms with Gasteiger partial charge in [0.1, 0.15) is 11.6 Å². The predicted octanol–water partition coefficient (Wildman–Crippen LogP) is 2.99. The molecule has 5 heteroatoms. The average molecular weight is 372 g/mol. The Hall–Kier alpha value is -1.18. The first-order valence-corrected chi connectivity index (χ1v) is 6.79. The summed E-state index contributed by atoms with van der Waals surface area (Å²) in [5.74, 6) is 6.15. The van der Waals surface area contributed by atoms with Gasteiger partial charge in [-0.1, -0.05) is 24.3 Å². The van der Waals surface area contributed by atoms with Gasteiger partial charge in [-0.05, 0) is 46.4 Å². The molecule has 0 bridgehead atoms. The van der Waals surface area contributed by atoms with Gasteiger partial charge in [0, 0.05) is 9.13 Å². The van der Waals surface area contributed by atoms with Gasteiger partial charge < -0.3 is 4.74 Å². The standard InChI is InChI=1S/C14H14FIN2O/c1-19-13-5-3-2-4-11(13)14(18-17)10-7-6-9(15)8-12(10)16/h2-8,14,18H,17H2,1H3. The lowest BCUT2D eigenvalue weighted by Gasteiger charge is -2.20. The molecule has 0 radical (unpaired) electrons. The van der Waals surface area contributed by atoms with E-state index in [1.807, 2.05) is 24.3 Å². The van der Waals surface area contributed by atoms with Crippen LogP contribution in [0.4, 0.5) is 4.39 Å². The lowest BCUT2D eigenvalue weighted by molar-refractivity contribution is 0.404. The second-order valence-corrected chi connectivity index (χ2v) is 5.17. The van der Waals surface area contributed by atoms with Crippen LogP contribution in [0, 0.1) is 9.39 Å². The number of nitrogens with one attached hydrogen (secondary N) is 1. The van der Waals surface area contributed by atoms with Crippen LogP contribution < -0.4 is 16.0 Å². The SMILES string of the molecule is COc1ccccc1C(NN)c1ccc(F)cc1I. The minimum Gasteiger partial charge on any atom is -0.496 e. The predicted molar refractivity (Wildman–Crippen MR) is 81.3 cm³/mol. The molecule has 2 aromatic carbocycles. The van der Waals surface area contributed by atoms with Crippen molar-refractivity contribution >= 4 is 22.6 Å². The van der Waals surface area contributed by atoms with Crippen molar-refractivity contribution < 1.29 is 9.13 Å². The fourth-order valence-corrected chi connectivity index (χ4v) is 2.78. The van der Waals surface area contributed by atoms with Crippen molar-refractivity contribution in [2.24, 2.45) is 5.84 Å². The molecular weight excluding hydrogens is 358 g/mol. The molecular formula is C14H14FIN2O. The van der Waals surface area contributed by atoms with E-state index >= 15 is 0 Å². The van der Waals surface area contributed by atoms with Gasteiger partial charge in [0.2, 0.25) is 0 Å². The molecule has 0 aliphatic rings. The Morgan fingerprint density at radius 1 is 1.21 bits per heavy atom. The Morgan fingerprint density at radius 3 is 2.58 bits per heavy atom. The van der Waals surface area contributed by atoms with Gasteiger partial charge in [-0.25, -0.2) is 9.82 Å². The van der Waals surface area contributed by atoms with E-state index in [4.69, 9.17) is 10.6 Å². The van der Waals surface area contributed by atoms with Crippen LogP contribution in [0.25, 0.3) is 0 Å². The first-order chi connectivity index (χ1) is 9.17. The van der Waals surface area contributed by atoms with E-state index in [2.05, 4.69) is 28.0 Å². The van der Waals surface area contributed by atoms with Crippen molar-refractivity contribution in [3.63, 3.8) is 0 Å². The lowest BCUT2D eigenvalue weighted by Crippen LogP contribution is -2.29. The summed E-state index contributed by atoms with van der Waals surface area (Å²) in [4.78, 5) is 0. The van der Waals surface area contributed by atoms with Crippen LogP contribution in [0.2, 0.25) is 0 Å². The Bertz CT molecular complexity index is 577. The zero-order chi connectivity index (χ0) is 13.8. The molecule has 1 unspecified atom stereocenters. The van der Waals surface area contributed by atoms with E-state index in [1.165, 1.54) is 12.1 Å². The zero-order valence-electron chi connectivity index (χ0n) is 10.4. The number of para-hydroxylation sites is 1. The highest BCUT2D eigenvalue weighted by Crippen LogP contribution is 2.31. The third-order valence-corrected chi connectivity index (χ3v) is 3.82. The number of ether oxygens (including phenoxy) is 1. The minimum atomic E-state index is -0.260. The van der Waals surface area contributed by atoms with Crippen molar-refractivity contribution in [1.29, 1.82) is 0 Å². The van der Waals surface area contributed by atoms with Crippen LogP contribution >= 0.6 is 22.6 Å². The number of nitrogens with two attached hydrogens (primary N) is 1. The molecule has 0 spiro atoms. The van der Waals surface area contributed by atoms with E-state index < -0.39 is 0 Å². The number of halogens is 2. The molecule has 1 atom stereocenters. The van der Waals surface area contributed by atoms with Crippen LogP contribution in [-0.4, -0.2) is 7.11 Å². The van der Waals surface area contributed by atoms with Gasteiger partial charge in [-0.2, -0.15) is 0 Å². The Labute approximate surface area is 125 Å². The smallest absolute Gasteiger partial charge is 0.124 e. The fraction of sp³-hybridized carbons (Fsp3) is 0.143. The van der Waals surface area contributed by atoms with E-state index in [-0.39, 0.29) is 11.9 Å². The molecule has 3 N–H and O–H groups in total. The molecule has 19 heavy (non-hydrogen) atoms. The van der Waals surface area contributed by atoms with Gasteiger partial charge in [0.15, 0.2) is 0 Å². The molecule has 0 saturated heterocycles. The molecule has 0 aliphatic carbocycles. The van der Waals surface area contributed by atoms with E-state index in [0.29, 0.717) is 0 Å². The Balaban J connectivity index is 2.50. The number of rotatable bonds is 4. The first-order valence-electron chi connectivity index (χ1n) is 5.71. The lowest BCUT2D eigenvalue weighted by atomic mass is 9.98. The number of hydrazine groups is 1. The maximum absolute atomic E-state index is 13.2. The van der Waals surface area contributed by atoms with Crippen molar-refractivity contribution in [2.45, 2.75) is 6.04 Å². The normalized spacial score (nSPS) is 12.2. The molecule has 3 nitrogen and oxygen atoms in total. The Morgan fingerprint density at radius 2 is 1.95 bits per heavy atom. The summed E-state index contributed by atoms with van der Waals surface area (Å²) in [6.45, 7) is 0. The molecule has 2 rings (SSSR count). The van der Waals surface area contributed by atoms with Gasteiger partial charge in [0.05, 0.1) is 13.2 Å². The van der Waals surface area contributed by atoms with E-state index in [1.54, 1.807) is 13.2 Å². The highest BCUT2D eigenvalue weighted by molar-refractivity contribution is 14.1. The fourth-order valence-electron chi connectivity index (χ4n) is 1.99. The monoisotopic (exact) mass is 372 g/mol. The van der Waals surface area contributed by atoms with Crippen molar-refractivity contribution in [1.82, 2.24) is 5.43 Å². The minimum absolute atomic E-state index is 0.247. The van der Waals surface area contributed by atoms with E-state index in [0.717, 1.165) is 20.4 Å². The summed E-state index contributed by atoms with van der Waals surface area (Å²) < 4.78 is 19.3. The van der Waals surface area contributed by atoms with Crippen LogP contribution in [0.5, 0.6) is 5.75 Å². The van der Waals surface area contributed by atoms with Crippen LogP contribution in [0.3, 0.4) is 0 Å². The summed E-state index contributed by atoms with van der Waals surface area (Å²) in [7, 11) is 1.61. The topological polar surface area (TPSA) is 47.3 Å². The second-order valence-electron chi connectivity index (χ2n) is 4.01. The van der Waals surface area contributed by atoms with Gasteiger partial charge in [0.25, 0.3) is 0 Å². The zero-order valence-corrected chi connectivity index (χ0v) is 12.5. The summed E-state index contributed by atoms with van der Waals surface area (Å²) in [5.41, 5.74) is 4.59. The molecule has 0 amide bonds. The highest BCUT2D eigenvalue weighted by atomic mass is 127. The number of methoxy groups -OCH3 is 1. The second kappa shape index (κ2) is 6.31. The van der Waals surface area contributed by atoms with Gasteiger partial charge in [-0.3, -0.25) is 5.84 Å². The first kappa shape index (κ1) is 14.2. The average Bonchev–Trinajstić information content (AvgIpc) is 2.42. The maximum Gasteiger partial charge on any atom is 0.124 e.